The molecule has 3 N–H and O–H groups in total. The molecule has 0 atom stereocenters. The normalized spacial score (nSPS) is 14.0. The Morgan fingerprint density at radius 3 is 2.42 bits per heavy atom. The molecule has 0 aromatic heterocycles. The van der Waals surface area contributed by atoms with Crippen LogP contribution in [0.5, 0.6) is 0 Å². The number of anilines is 3. The van der Waals surface area contributed by atoms with Crippen molar-refractivity contribution in [1.29, 1.82) is 0 Å². The highest BCUT2D eigenvalue weighted by atomic mass is 16.5. The monoisotopic (exact) mass is 425 g/mol. The highest BCUT2D eigenvalue weighted by Gasteiger charge is 2.16. The van der Waals surface area contributed by atoms with E-state index < -0.39 is 0 Å². The van der Waals surface area contributed by atoms with Gasteiger partial charge in [-0.1, -0.05) is 12.1 Å². The minimum absolute atomic E-state index is 0.167. The molecule has 8 heteroatoms. The van der Waals surface area contributed by atoms with Crippen LogP contribution in [0.2, 0.25) is 0 Å². The van der Waals surface area contributed by atoms with Gasteiger partial charge in [-0.2, -0.15) is 0 Å². The first kappa shape index (κ1) is 22.6. The zero-order valence-electron chi connectivity index (χ0n) is 18.4. The molecular formula is C23H31N5O3. The second kappa shape index (κ2) is 10.8. The summed E-state index contributed by atoms with van der Waals surface area (Å²) >= 11 is 0. The fourth-order valence-corrected chi connectivity index (χ4v) is 3.45. The number of ether oxygens (including phenoxy) is 1. The smallest absolute Gasteiger partial charge is 0.323 e. The lowest BCUT2D eigenvalue weighted by atomic mass is 10.1. The van der Waals surface area contributed by atoms with Crippen molar-refractivity contribution in [1.82, 2.24) is 10.2 Å². The molecule has 166 valence electrons. The molecule has 1 aliphatic heterocycles. The average molecular weight is 426 g/mol. The molecule has 3 rings (SSSR count). The van der Waals surface area contributed by atoms with Crippen molar-refractivity contribution in [2.75, 3.05) is 69.0 Å². The molecule has 1 saturated heterocycles. The third-order valence-electron chi connectivity index (χ3n) is 5.07. The highest BCUT2D eigenvalue weighted by molar-refractivity contribution is 6.04. The molecule has 3 amide bonds. The maximum Gasteiger partial charge on any atom is 0.323 e. The molecule has 8 nitrogen and oxygen atoms in total. The standard InChI is InChI=1S/C23H31N5O3/c1-17-5-4-6-18(15-17)25-23(30)26-19-7-8-21(27(2)3)20(16-19)22(29)24-9-10-28-11-13-31-14-12-28/h4-8,15-16H,9-14H2,1-3H3,(H,24,29)(H2,25,26,30). The number of amides is 3. The summed E-state index contributed by atoms with van der Waals surface area (Å²) in [6, 6.07) is 12.5. The third kappa shape index (κ3) is 6.70. The molecule has 0 radical (unpaired) electrons. The van der Waals surface area contributed by atoms with Crippen molar-refractivity contribution in [3.8, 4) is 0 Å². The fourth-order valence-electron chi connectivity index (χ4n) is 3.45. The number of rotatable bonds is 7. The van der Waals surface area contributed by atoms with E-state index >= 15 is 0 Å². The summed E-state index contributed by atoms with van der Waals surface area (Å²) in [5.41, 5.74) is 3.62. The molecule has 0 bridgehead atoms. The van der Waals surface area contributed by atoms with Crippen LogP contribution >= 0.6 is 0 Å². The number of nitrogens with zero attached hydrogens (tertiary/aromatic N) is 2. The van der Waals surface area contributed by atoms with E-state index in [-0.39, 0.29) is 11.9 Å². The first-order valence-electron chi connectivity index (χ1n) is 10.5. The maximum atomic E-state index is 12.9. The van der Waals surface area contributed by atoms with Crippen LogP contribution in [0.4, 0.5) is 21.9 Å². The predicted molar refractivity (Wildman–Crippen MR) is 124 cm³/mol. The lowest BCUT2D eigenvalue weighted by molar-refractivity contribution is 0.0383. The zero-order chi connectivity index (χ0) is 22.2. The minimum atomic E-state index is -0.359. The lowest BCUT2D eigenvalue weighted by Crippen LogP contribution is -2.41. The van der Waals surface area contributed by atoms with Crippen molar-refractivity contribution in [3.63, 3.8) is 0 Å². The summed E-state index contributed by atoms with van der Waals surface area (Å²) in [5, 5.41) is 8.61. The second-order valence-corrected chi connectivity index (χ2v) is 7.78. The number of benzene rings is 2. The van der Waals surface area contributed by atoms with E-state index in [2.05, 4.69) is 20.9 Å². The summed E-state index contributed by atoms with van der Waals surface area (Å²) in [7, 11) is 3.77. The van der Waals surface area contributed by atoms with Crippen molar-refractivity contribution < 1.29 is 14.3 Å². The molecule has 2 aromatic rings. The van der Waals surface area contributed by atoms with E-state index in [1.54, 1.807) is 12.1 Å². The van der Waals surface area contributed by atoms with Gasteiger partial charge >= 0.3 is 6.03 Å². The van der Waals surface area contributed by atoms with E-state index in [9.17, 15) is 9.59 Å². The van der Waals surface area contributed by atoms with Crippen LogP contribution in [0, 0.1) is 6.92 Å². The van der Waals surface area contributed by atoms with Gasteiger partial charge in [0.25, 0.3) is 5.91 Å². The van der Waals surface area contributed by atoms with E-state index in [0.29, 0.717) is 23.5 Å². The Morgan fingerprint density at radius 1 is 1.03 bits per heavy atom. The minimum Gasteiger partial charge on any atom is -0.379 e. The number of nitrogens with one attached hydrogen (secondary N) is 3. The van der Waals surface area contributed by atoms with Crippen LogP contribution in [0.15, 0.2) is 42.5 Å². The number of carbonyl (C=O) groups is 2. The first-order valence-corrected chi connectivity index (χ1v) is 10.5. The van der Waals surface area contributed by atoms with E-state index in [1.807, 2.05) is 56.3 Å². The first-order chi connectivity index (χ1) is 14.9. The van der Waals surface area contributed by atoms with Gasteiger partial charge in [-0.05, 0) is 42.8 Å². The van der Waals surface area contributed by atoms with Crippen molar-refractivity contribution in [2.45, 2.75) is 6.92 Å². The van der Waals surface area contributed by atoms with Gasteiger partial charge in [0, 0.05) is 57.3 Å². The Morgan fingerprint density at radius 2 is 1.74 bits per heavy atom. The second-order valence-electron chi connectivity index (χ2n) is 7.78. The van der Waals surface area contributed by atoms with Gasteiger partial charge in [-0.3, -0.25) is 9.69 Å². The van der Waals surface area contributed by atoms with E-state index in [1.165, 1.54) is 0 Å². The highest BCUT2D eigenvalue weighted by Crippen LogP contribution is 2.23. The Bertz CT molecular complexity index is 910. The van der Waals surface area contributed by atoms with Gasteiger partial charge < -0.3 is 25.6 Å². The number of carbonyl (C=O) groups excluding carboxylic acids is 2. The lowest BCUT2D eigenvalue weighted by Gasteiger charge is -2.26. The van der Waals surface area contributed by atoms with Crippen molar-refractivity contribution in [3.05, 3.63) is 53.6 Å². The summed E-state index contributed by atoms with van der Waals surface area (Å²) in [4.78, 5) is 29.4. The van der Waals surface area contributed by atoms with Gasteiger partial charge in [-0.25, -0.2) is 4.79 Å². The van der Waals surface area contributed by atoms with Crippen molar-refractivity contribution in [2.24, 2.45) is 0 Å². The van der Waals surface area contributed by atoms with E-state index in [4.69, 9.17) is 4.74 Å². The van der Waals surface area contributed by atoms with Crippen LogP contribution < -0.4 is 20.9 Å². The molecule has 0 aliphatic carbocycles. The zero-order valence-corrected chi connectivity index (χ0v) is 18.4. The van der Waals surface area contributed by atoms with Crippen LogP contribution in [0.25, 0.3) is 0 Å². The van der Waals surface area contributed by atoms with Gasteiger partial charge in [0.2, 0.25) is 0 Å². The summed E-state index contributed by atoms with van der Waals surface area (Å²) in [5.74, 6) is -0.167. The SMILES string of the molecule is Cc1cccc(NC(=O)Nc2ccc(N(C)C)c(C(=O)NCCN3CCOCC3)c2)c1. The van der Waals surface area contributed by atoms with Crippen molar-refractivity contribution >= 4 is 29.0 Å². The molecule has 0 saturated carbocycles. The fraction of sp³-hybridized carbons (Fsp3) is 0.391. The number of hydrogen-bond donors (Lipinski definition) is 3. The van der Waals surface area contributed by atoms with Gasteiger partial charge in [0.15, 0.2) is 0 Å². The molecule has 0 unspecified atom stereocenters. The predicted octanol–water partition coefficient (Wildman–Crippen LogP) is 2.77. The molecule has 1 aliphatic rings. The molecule has 1 fully saturated rings. The quantitative estimate of drug-likeness (QED) is 0.635. The third-order valence-corrected chi connectivity index (χ3v) is 5.07. The Balaban J connectivity index is 1.63. The van der Waals surface area contributed by atoms with Gasteiger partial charge in [0.05, 0.1) is 18.8 Å². The number of hydrogen-bond acceptors (Lipinski definition) is 5. The van der Waals surface area contributed by atoms with Gasteiger partial charge in [0.1, 0.15) is 0 Å². The Kier molecular flexibility index (Phi) is 7.86. The average Bonchev–Trinajstić information content (AvgIpc) is 2.74. The summed E-state index contributed by atoms with van der Waals surface area (Å²) in [6.07, 6.45) is 0. The maximum absolute atomic E-state index is 12.9. The van der Waals surface area contributed by atoms with Crippen LogP contribution in [-0.2, 0) is 4.74 Å². The molecule has 0 spiro atoms. The topological polar surface area (TPSA) is 85.9 Å². The Labute approximate surface area is 183 Å². The molecular weight excluding hydrogens is 394 g/mol. The van der Waals surface area contributed by atoms with Crippen LogP contribution in [0.1, 0.15) is 15.9 Å². The van der Waals surface area contributed by atoms with Crippen LogP contribution in [-0.4, -0.2) is 70.3 Å². The van der Waals surface area contributed by atoms with E-state index in [0.717, 1.165) is 44.1 Å². The summed E-state index contributed by atoms with van der Waals surface area (Å²) < 4.78 is 5.35. The number of morpholine rings is 1. The number of urea groups is 1. The van der Waals surface area contributed by atoms with Gasteiger partial charge in [-0.15, -0.1) is 0 Å². The molecule has 1 heterocycles. The number of aryl methyl sites for hydroxylation is 1. The summed E-state index contributed by atoms with van der Waals surface area (Å²) in [6.45, 7) is 6.53. The molecule has 2 aromatic carbocycles. The Hall–Kier alpha value is -3.10. The largest absolute Gasteiger partial charge is 0.379 e. The van der Waals surface area contributed by atoms with Crippen LogP contribution in [0.3, 0.4) is 0 Å². The molecule has 31 heavy (non-hydrogen) atoms.